The van der Waals surface area contributed by atoms with Crippen molar-refractivity contribution >= 4 is 11.3 Å². The maximum absolute atomic E-state index is 4.18. The van der Waals surface area contributed by atoms with Gasteiger partial charge in [-0.25, -0.2) is 0 Å². The molecule has 0 aliphatic heterocycles. The minimum atomic E-state index is 0.391. The number of nitrogens with one attached hydrogen (secondary N) is 1. The van der Waals surface area contributed by atoms with Crippen LogP contribution in [0.15, 0.2) is 0 Å². The van der Waals surface area contributed by atoms with E-state index in [1.165, 1.54) is 0 Å². The topological polar surface area (TPSA) is 37.8 Å². The molecule has 1 N–H and O–H groups in total. The van der Waals surface area contributed by atoms with Crippen LogP contribution in [-0.4, -0.2) is 16.7 Å². The van der Waals surface area contributed by atoms with Gasteiger partial charge in [-0.2, -0.15) is 0 Å². The lowest BCUT2D eigenvalue weighted by atomic mass is 10.2. The first kappa shape index (κ1) is 10.6. The van der Waals surface area contributed by atoms with Gasteiger partial charge in [0.15, 0.2) is 0 Å². The molecule has 13 heavy (non-hydrogen) atoms. The average molecular weight is 199 g/mol. The highest BCUT2D eigenvalue weighted by Crippen LogP contribution is 2.20. The Morgan fingerprint density at radius 2 is 2.08 bits per heavy atom. The van der Waals surface area contributed by atoms with Gasteiger partial charge in [0.2, 0.25) is 0 Å². The van der Waals surface area contributed by atoms with Gasteiger partial charge in [-0.05, 0) is 19.4 Å². The molecule has 0 aliphatic rings. The van der Waals surface area contributed by atoms with Crippen LogP contribution in [0.2, 0.25) is 0 Å². The second-order valence-corrected chi connectivity index (χ2v) is 4.00. The smallest absolute Gasteiger partial charge is 0.134 e. The van der Waals surface area contributed by atoms with E-state index in [1.54, 1.807) is 11.3 Å². The van der Waals surface area contributed by atoms with Crippen molar-refractivity contribution < 1.29 is 0 Å². The summed E-state index contributed by atoms with van der Waals surface area (Å²) in [6.07, 6.45) is 2.06. The lowest BCUT2D eigenvalue weighted by Gasteiger charge is -2.10. The molecule has 74 valence electrons. The van der Waals surface area contributed by atoms with Crippen LogP contribution in [0.25, 0.3) is 0 Å². The fourth-order valence-corrected chi connectivity index (χ4v) is 2.14. The summed E-state index contributed by atoms with van der Waals surface area (Å²) in [4.78, 5) is 0. The molecule has 1 unspecified atom stereocenters. The number of hydrogen-bond acceptors (Lipinski definition) is 4. The maximum Gasteiger partial charge on any atom is 0.134 e. The van der Waals surface area contributed by atoms with Gasteiger partial charge in [0.05, 0.1) is 6.04 Å². The number of rotatable bonds is 5. The Labute approximate surface area is 83.6 Å². The average Bonchev–Trinajstić information content (AvgIpc) is 2.62. The van der Waals surface area contributed by atoms with Crippen LogP contribution < -0.4 is 5.32 Å². The number of aryl methyl sites for hydroxylation is 1. The van der Waals surface area contributed by atoms with Gasteiger partial charge in [0, 0.05) is 0 Å². The van der Waals surface area contributed by atoms with Gasteiger partial charge < -0.3 is 5.32 Å². The van der Waals surface area contributed by atoms with E-state index in [4.69, 9.17) is 0 Å². The second kappa shape index (κ2) is 5.29. The molecule has 0 radical (unpaired) electrons. The summed E-state index contributed by atoms with van der Waals surface area (Å²) in [6, 6.07) is 0.391. The first-order valence-electron chi connectivity index (χ1n) is 4.87. The number of hydrogen-bond donors (Lipinski definition) is 1. The Balaban J connectivity index is 2.67. The molecule has 1 rings (SSSR count). The molecule has 1 aromatic heterocycles. The van der Waals surface area contributed by atoms with Crippen molar-refractivity contribution in [2.75, 3.05) is 6.54 Å². The first-order valence-corrected chi connectivity index (χ1v) is 5.69. The third-order valence-corrected chi connectivity index (χ3v) is 3.12. The fraction of sp³-hybridized carbons (Fsp3) is 0.778. The third-order valence-electron chi connectivity index (χ3n) is 1.94. The zero-order valence-corrected chi connectivity index (χ0v) is 9.32. The fourth-order valence-electron chi connectivity index (χ4n) is 1.20. The van der Waals surface area contributed by atoms with Crippen LogP contribution in [0.4, 0.5) is 0 Å². The summed E-state index contributed by atoms with van der Waals surface area (Å²) < 4.78 is 0. The van der Waals surface area contributed by atoms with Crippen molar-refractivity contribution in [3.05, 3.63) is 10.0 Å². The molecule has 0 saturated carbocycles. The minimum absolute atomic E-state index is 0.391. The molecule has 3 nitrogen and oxygen atoms in total. The molecule has 0 saturated heterocycles. The Hall–Kier alpha value is -0.480. The van der Waals surface area contributed by atoms with Crippen LogP contribution >= 0.6 is 11.3 Å². The molecule has 1 heterocycles. The van der Waals surface area contributed by atoms with E-state index in [1.807, 2.05) is 0 Å². The van der Waals surface area contributed by atoms with Crippen LogP contribution in [-0.2, 0) is 6.42 Å². The zero-order valence-electron chi connectivity index (χ0n) is 8.50. The Bertz CT molecular complexity index is 247. The van der Waals surface area contributed by atoms with Crippen LogP contribution in [0.5, 0.6) is 0 Å². The third kappa shape index (κ3) is 2.74. The molecule has 0 aromatic carbocycles. The van der Waals surface area contributed by atoms with E-state index < -0.39 is 0 Å². The Kier molecular flexibility index (Phi) is 4.32. The Morgan fingerprint density at radius 3 is 2.54 bits per heavy atom. The molecule has 0 amide bonds. The standard InChI is InChI=1S/C9H17N3S/c1-4-7(10-6-3)9-12-11-8(5-2)13-9/h7,10H,4-6H2,1-3H3. The van der Waals surface area contributed by atoms with E-state index in [2.05, 4.69) is 36.3 Å². The highest BCUT2D eigenvalue weighted by molar-refractivity contribution is 7.11. The van der Waals surface area contributed by atoms with E-state index >= 15 is 0 Å². The molecule has 1 aromatic rings. The van der Waals surface area contributed by atoms with Crippen molar-refractivity contribution in [3.8, 4) is 0 Å². The van der Waals surface area contributed by atoms with E-state index in [0.717, 1.165) is 29.4 Å². The van der Waals surface area contributed by atoms with Crippen molar-refractivity contribution in [2.24, 2.45) is 0 Å². The van der Waals surface area contributed by atoms with Gasteiger partial charge in [0.25, 0.3) is 0 Å². The SMILES string of the molecule is CCNC(CC)c1nnc(CC)s1. The molecule has 4 heteroatoms. The molecular weight excluding hydrogens is 182 g/mol. The normalized spacial score (nSPS) is 13.2. The van der Waals surface area contributed by atoms with Gasteiger partial charge in [-0.15, -0.1) is 10.2 Å². The molecule has 0 spiro atoms. The van der Waals surface area contributed by atoms with Crippen LogP contribution in [0, 0.1) is 0 Å². The van der Waals surface area contributed by atoms with Crippen molar-refractivity contribution in [1.82, 2.24) is 15.5 Å². The second-order valence-electron chi connectivity index (χ2n) is 2.91. The Morgan fingerprint density at radius 1 is 1.31 bits per heavy atom. The molecule has 0 bridgehead atoms. The number of nitrogens with zero attached hydrogens (tertiary/aromatic N) is 2. The summed E-state index contributed by atoms with van der Waals surface area (Å²) in [7, 11) is 0. The summed E-state index contributed by atoms with van der Waals surface area (Å²) in [5.74, 6) is 0. The summed E-state index contributed by atoms with van der Waals surface area (Å²) in [6.45, 7) is 7.38. The van der Waals surface area contributed by atoms with E-state index in [9.17, 15) is 0 Å². The monoisotopic (exact) mass is 199 g/mol. The lowest BCUT2D eigenvalue weighted by Crippen LogP contribution is -2.19. The highest BCUT2D eigenvalue weighted by Gasteiger charge is 2.12. The molecule has 0 fully saturated rings. The highest BCUT2D eigenvalue weighted by atomic mass is 32.1. The summed E-state index contributed by atoms with van der Waals surface area (Å²) in [5.41, 5.74) is 0. The van der Waals surface area contributed by atoms with Crippen LogP contribution in [0.3, 0.4) is 0 Å². The van der Waals surface area contributed by atoms with Crippen LogP contribution in [0.1, 0.15) is 43.2 Å². The molecule has 0 aliphatic carbocycles. The minimum Gasteiger partial charge on any atom is -0.308 e. The first-order chi connectivity index (χ1) is 6.31. The van der Waals surface area contributed by atoms with Gasteiger partial charge >= 0.3 is 0 Å². The van der Waals surface area contributed by atoms with Crippen molar-refractivity contribution in [3.63, 3.8) is 0 Å². The van der Waals surface area contributed by atoms with Gasteiger partial charge in [-0.1, -0.05) is 32.1 Å². The summed E-state index contributed by atoms with van der Waals surface area (Å²) in [5, 5.41) is 13.9. The number of aromatic nitrogens is 2. The maximum atomic E-state index is 4.18. The quantitative estimate of drug-likeness (QED) is 0.789. The van der Waals surface area contributed by atoms with Crippen molar-refractivity contribution in [1.29, 1.82) is 0 Å². The van der Waals surface area contributed by atoms with Gasteiger partial charge in [-0.3, -0.25) is 0 Å². The lowest BCUT2D eigenvalue weighted by molar-refractivity contribution is 0.531. The predicted molar refractivity (Wildman–Crippen MR) is 56.0 cm³/mol. The predicted octanol–water partition coefficient (Wildman–Crippen LogP) is 2.16. The van der Waals surface area contributed by atoms with Crippen molar-refractivity contribution in [2.45, 2.75) is 39.7 Å². The largest absolute Gasteiger partial charge is 0.308 e. The van der Waals surface area contributed by atoms with E-state index in [0.29, 0.717) is 6.04 Å². The molecular formula is C9H17N3S. The summed E-state index contributed by atoms with van der Waals surface area (Å²) >= 11 is 1.72. The zero-order chi connectivity index (χ0) is 9.68. The van der Waals surface area contributed by atoms with Gasteiger partial charge in [0.1, 0.15) is 10.0 Å². The molecule has 1 atom stereocenters. The van der Waals surface area contributed by atoms with E-state index in [-0.39, 0.29) is 0 Å².